The van der Waals surface area contributed by atoms with E-state index in [1.54, 1.807) is 6.92 Å². The topological polar surface area (TPSA) is 98.8 Å². The molecule has 2 aliphatic rings. The number of thiophene rings is 1. The van der Waals surface area contributed by atoms with Crippen LogP contribution in [0.5, 0.6) is 0 Å². The number of carbonyl (C=O) groups is 2. The second-order valence-electron chi connectivity index (χ2n) is 9.87. The van der Waals surface area contributed by atoms with E-state index in [9.17, 15) is 31.2 Å². The zero-order chi connectivity index (χ0) is 29.2. The summed E-state index contributed by atoms with van der Waals surface area (Å²) < 4.78 is 69.3. The van der Waals surface area contributed by atoms with Gasteiger partial charge in [0.15, 0.2) is 0 Å². The fourth-order valence-electron chi connectivity index (χ4n) is 4.64. The zero-order valence-corrected chi connectivity index (χ0v) is 24.7. The summed E-state index contributed by atoms with van der Waals surface area (Å²) in [5, 5.41) is 5.40. The summed E-state index contributed by atoms with van der Waals surface area (Å²) in [6, 6.07) is 3.51. The highest BCUT2D eigenvalue weighted by atomic mass is 35.5. The van der Waals surface area contributed by atoms with Crippen LogP contribution in [-0.4, -0.2) is 57.0 Å². The van der Waals surface area contributed by atoms with Crippen LogP contribution in [0.4, 0.5) is 23.7 Å². The lowest BCUT2D eigenvalue weighted by molar-refractivity contribution is -0.137. The third kappa shape index (κ3) is 7.15. The van der Waals surface area contributed by atoms with Crippen LogP contribution in [0.3, 0.4) is 0 Å². The Morgan fingerprint density at radius 1 is 1.18 bits per heavy atom. The normalized spacial score (nSPS) is 18.8. The highest BCUT2D eigenvalue weighted by Crippen LogP contribution is 2.40. The van der Waals surface area contributed by atoms with Crippen molar-refractivity contribution in [3.05, 3.63) is 45.3 Å². The van der Waals surface area contributed by atoms with Crippen molar-refractivity contribution in [1.82, 2.24) is 15.5 Å². The fourth-order valence-corrected chi connectivity index (χ4v) is 8.16. The molecule has 1 aliphatic heterocycles. The molecular weight excluding hydrogens is 612 g/mol. The Labute approximate surface area is 244 Å². The van der Waals surface area contributed by atoms with Crippen molar-refractivity contribution in [2.45, 2.75) is 61.5 Å². The van der Waals surface area contributed by atoms with E-state index in [1.807, 2.05) is 0 Å². The van der Waals surface area contributed by atoms with Crippen molar-refractivity contribution in [2.75, 3.05) is 23.9 Å². The molecular formula is C25H29Cl2F3N4O4S2. The number of anilines is 1. The number of sulfonamides is 1. The van der Waals surface area contributed by atoms with Gasteiger partial charge < -0.3 is 15.5 Å². The highest BCUT2D eigenvalue weighted by Gasteiger charge is 2.41. The third-order valence-corrected chi connectivity index (χ3v) is 10.7. The Balaban J connectivity index is 1.65. The Hall–Kier alpha value is -2.22. The number of nitrogens with one attached hydrogen (secondary N) is 2. The third-order valence-electron chi connectivity index (χ3n) is 6.82. The van der Waals surface area contributed by atoms with E-state index in [2.05, 4.69) is 10.6 Å². The van der Waals surface area contributed by atoms with Crippen LogP contribution < -0.4 is 14.9 Å². The first-order valence-electron chi connectivity index (χ1n) is 12.8. The Morgan fingerprint density at radius 2 is 1.90 bits per heavy atom. The van der Waals surface area contributed by atoms with Gasteiger partial charge in [-0.2, -0.15) is 13.2 Å². The molecule has 220 valence electrons. The number of rotatable bonds is 9. The minimum absolute atomic E-state index is 0.0348. The van der Waals surface area contributed by atoms with Crippen molar-refractivity contribution in [2.24, 2.45) is 5.92 Å². The molecule has 2 aromatic rings. The molecule has 1 aromatic heterocycles. The van der Waals surface area contributed by atoms with Gasteiger partial charge in [-0.15, -0.1) is 11.3 Å². The molecule has 1 aromatic carbocycles. The van der Waals surface area contributed by atoms with Crippen LogP contribution in [0.25, 0.3) is 0 Å². The zero-order valence-electron chi connectivity index (χ0n) is 21.5. The lowest BCUT2D eigenvalue weighted by atomic mass is 9.97. The molecule has 2 heterocycles. The van der Waals surface area contributed by atoms with Crippen molar-refractivity contribution in [3.8, 4) is 0 Å². The number of likely N-dealkylation sites (tertiary alicyclic amines) is 1. The van der Waals surface area contributed by atoms with Crippen LogP contribution in [0.1, 0.15) is 44.6 Å². The Morgan fingerprint density at radius 3 is 2.50 bits per heavy atom. The van der Waals surface area contributed by atoms with Crippen molar-refractivity contribution >= 4 is 62.2 Å². The van der Waals surface area contributed by atoms with Crippen LogP contribution in [-0.2, 0) is 21.0 Å². The average molecular weight is 642 g/mol. The summed E-state index contributed by atoms with van der Waals surface area (Å²) in [6.45, 7) is 2.51. The standard InChI is InChI=1S/C25H29Cl2F3N4O4S2/c1-2-19(23(35)33-11-3-4-15(14-33)13-31-24(36)32-17-6-7-17)34(40(37,38)22-10-9-21(27)39-22)20-12-16(25(28,29)30)5-8-18(20)26/h5,8-10,12,15,17,19H,2-4,6-7,11,13-14H2,1H3,(H2,31,32,36)/t15-,19+/m0/s1. The molecule has 15 heteroatoms. The van der Waals surface area contributed by atoms with E-state index in [4.69, 9.17) is 23.2 Å². The number of amides is 3. The minimum Gasteiger partial charge on any atom is -0.341 e. The maximum Gasteiger partial charge on any atom is 0.416 e. The molecule has 0 unspecified atom stereocenters. The van der Waals surface area contributed by atoms with Crippen molar-refractivity contribution < 1.29 is 31.2 Å². The summed E-state index contributed by atoms with van der Waals surface area (Å²) >= 11 is 13.0. The lowest BCUT2D eigenvalue weighted by Gasteiger charge is -2.38. The van der Waals surface area contributed by atoms with Gasteiger partial charge in [0, 0.05) is 25.7 Å². The fraction of sp³-hybridized carbons (Fsp3) is 0.520. The number of nitrogens with zero attached hydrogens (tertiary/aromatic N) is 2. The van der Waals surface area contributed by atoms with Gasteiger partial charge in [-0.1, -0.05) is 30.1 Å². The van der Waals surface area contributed by atoms with E-state index < -0.39 is 39.4 Å². The number of hydrogen-bond acceptors (Lipinski definition) is 5. The molecule has 4 rings (SSSR count). The van der Waals surface area contributed by atoms with Crippen molar-refractivity contribution in [3.63, 3.8) is 0 Å². The molecule has 1 aliphatic carbocycles. The maximum atomic E-state index is 13.9. The van der Waals surface area contributed by atoms with Gasteiger partial charge in [0.05, 0.1) is 20.6 Å². The van der Waals surface area contributed by atoms with E-state index in [-0.39, 0.29) is 44.5 Å². The van der Waals surface area contributed by atoms with Gasteiger partial charge in [0.25, 0.3) is 10.0 Å². The summed E-state index contributed by atoms with van der Waals surface area (Å²) in [6.07, 6.45) is -1.54. The SMILES string of the molecule is CC[C@H](C(=O)N1CCC[C@@H](CNC(=O)NC2CC2)C1)N(c1cc(C(F)(F)F)ccc1Cl)S(=O)(=O)c1ccc(Cl)s1. The molecule has 0 radical (unpaired) electrons. The number of benzene rings is 1. The summed E-state index contributed by atoms with van der Waals surface area (Å²) in [5.74, 6) is -0.632. The summed E-state index contributed by atoms with van der Waals surface area (Å²) in [4.78, 5) is 27.5. The predicted octanol–water partition coefficient (Wildman–Crippen LogP) is 5.75. The molecule has 0 bridgehead atoms. The monoisotopic (exact) mass is 640 g/mol. The van der Waals surface area contributed by atoms with Crippen molar-refractivity contribution in [1.29, 1.82) is 0 Å². The number of urea groups is 1. The number of hydrogen-bond donors (Lipinski definition) is 2. The average Bonchev–Trinajstić information content (AvgIpc) is 3.60. The maximum absolute atomic E-state index is 13.9. The van der Waals surface area contributed by atoms with Crippen LogP contribution in [0.15, 0.2) is 34.5 Å². The van der Waals surface area contributed by atoms with Gasteiger partial charge >= 0.3 is 12.2 Å². The Bertz CT molecular complexity index is 1350. The molecule has 3 amide bonds. The molecule has 2 N–H and O–H groups in total. The first-order chi connectivity index (χ1) is 18.8. The number of alkyl halides is 3. The number of halogens is 5. The molecule has 8 nitrogen and oxygen atoms in total. The van der Waals surface area contributed by atoms with Gasteiger partial charge in [-0.05, 0) is 68.4 Å². The first-order valence-corrected chi connectivity index (χ1v) is 15.8. The van der Waals surface area contributed by atoms with E-state index in [1.165, 1.54) is 17.0 Å². The number of carbonyl (C=O) groups excluding carboxylic acids is 2. The minimum atomic E-state index is -4.77. The molecule has 2 atom stereocenters. The summed E-state index contributed by atoms with van der Waals surface area (Å²) in [7, 11) is -4.55. The molecule has 2 fully saturated rings. The quantitative estimate of drug-likeness (QED) is 0.365. The highest BCUT2D eigenvalue weighted by molar-refractivity contribution is 7.94. The molecule has 40 heavy (non-hydrogen) atoms. The summed E-state index contributed by atoms with van der Waals surface area (Å²) in [5.41, 5.74) is -1.56. The lowest BCUT2D eigenvalue weighted by Crippen LogP contribution is -2.54. The predicted molar refractivity (Wildman–Crippen MR) is 148 cm³/mol. The van der Waals surface area contributed by atoms with Gasteiger partial charge in [0.1, 0.15) is 10.3 Å². The Kier molecular flexibility index (Phi) is 9.48. The van der Waals surface area contributed by atoms with E-state index in [0.29, 0.717) is 29.9 Å². The van der Waals surface area contributed by atoms with Crippen LogP contribution in [0, 0.1) is 5.92 Å². The van der Waals surface area contributed by atoms with Crippen LogP contribution in [0.2, 0.25) is 9.36 Å². The van der Waals surface area contributed by atoms with E-state index >= 15 is 0 Å². The first kappa shape index (κ1) is 30.7. The number of piperidine rings is 1. The molecule has 1 saturated heterocycles. The van der Waals surface area contributed by atoms with Crippen LogP contribution >= 0.6 is 34.5 Å². The second-order valence-corrected chi connectivity index (χ2v) is 14.0. The molecule has 1 saturated carbocycles. The second kappa shape index (κ2) is 12.3. The van der Waals surface area contributed by atoms with E-state index in [0.717, 1.165) is 42.7 Å². The van der Waals surface area contributed by atoms with Gasteiger partial charge in [-0.25, -0.2) is 13.2 Å². The largest absolute Gasteiger partial charge is 0.416 e. The van der Waals surface area contributed by atoms with Gasteiger partial charge in [-0.3, -0.25) is 9.10 Å². The smallest absolute Gasteiger partial charge is 0.341 e. The molecule has 0 spiro atoms. The van der Waals surface area contributed by atoms with Gasteiger partial charge in [0.2, 0.25) is 5.91 Å².